The van der Waals surface area contributed by atoms with E-state index < -0.39 is 5.91 Å². The van der Waals surface area contributed by atoms with Crippen molar-refractivity contribution in [1.82, 2.24) is 19.3 Å². The molecule has 0 unspecified atom stereocenters. The molecule has 2 N–H and O–H groups in total. The maximum atomic E-state index is 13.2. The van der Waals surface area contributed by atoms with Crippen molar-refractivity contribution in [3.8, 4) is 0 Å². The van der Waals surface area contributed by atoms with Crippen molar-refractivity contribution in [2.45, 2.75) is 32.0 Å². The van der Waals surface area contributed by atoms with Crippen molar-refractivity contribution >= 4 is 22.6 Å². The fourth-order valence-electron chi connectivity index (χ4n) is 4.11. The van der Waals surface area contributed by atoms with E-state index in [-0.39, 0.29) is 40.5 Å². The van der Waals surface area contributed by atoms with E-state index in [9.17, 15) is 14.0 Å². The Morgan fingerprint density at radius 1 is 1.24 bits per heavy atom. The molecule has 1 saturated heterocycles. The maximum absolute atomic E-state index is 13.2. The molecule has 9 heteroatoms. The Bertz CT molecular complexity index is 1470. The highest BCUT2D eigenvalue weighted by atomic mass is 19.1. The Kier molecular flexibility index (Phi) is 5.47. The van der Waals surface area contributed by atoms with Crippen molar-refractivity contribution in [3.05, 3.63) is 87.5 Å². The highest BCUT2D eigenvalue weighted by Gasteiger charge is 2.22. The topological polar surface area (TPSA) is 101 Å². The molecule has 0 aliphatic carbocycles. The maximum Gasteiger partial charge on any atom is 0.267 e. The van der Waals surface area contributed by atoms with E-state index in [4.69, 9.17) is 10.1 Å². The molecule has 5 rings (SSSR count). The summed E-state index contributed by atoms with van der Waals surface area (Å²) in [4.78, 5) is 30.9. The SMILES string of the molecule is N=c1c(C(=O)NCc2ccc(F)cc2)cc2c(=O)n3ccccc3nc2n1C[C@@H]1CCCO1. The molecule has 1 atom stereocenters. The first-order valence-corrected chi connectivity index (χ1v) is 10.7. The van der Waals surface area contributed by atoms with Crippen LogP contribution in [0.15, 0.2) is 59.5 Å². The van der Waals surface area contributed by atoms with Gasteiger partial charge in [-0.2, -0.15) is 0 Å². The van der Waals surface area contributed by atoms with Crippen molar-refractivity contribution < 1.29 is 13.9 Å². The van der Waals surface area contributed by atoms with Crippen molar-refractivity contribution in [3.63, 3.8) is 0 Å². The Morgan fingerprint density at radius 3 is 2.82 bits per heavy atom. The predicted octanol–water partition coefficient (Wildman–Crippen LogP) is 2.38. The van der Waals surface area contributed by atoms with Crippen LogP contribution in [-0.4, -0.2) is 32.6 Å². The molecule has 33 heavy (non-hydrogen) atoms. The minimum Gasteiger partial charge on any atom is -0.376 e. The molecule has 4 aromatic rings. The van der Waals surface area contributed by atoms with Gasteiger partial charge in [-0.25, -0.2) is 9.37 Å². The molecule has 1 fully saturated rings. The van der Waals surface area contributed by atoms with E-state index >= 15 is 0 Å². The van der Waals surface area contributed by atoms with Gasteiger partial charge in [0.1, 0.15) is 22.6 Å². The lowest BCUT2D eigenvalue weighted by Gasteiger charge is -2.17. The molecule has 1 aromatic carbocycles. The summed E-state index contributed by atoms with van der Waals surface area (Å²) < 4.78 is 21.9. The quantitative estimate of drug-likeness (QED) is 0.459. The summed E-state index contributed by atoms with van der Waals surface area (Å²) in [5.74, 6) is -0.853. The number of benzene rings is 1. The number of carbonyl (C=O) groups is 1. The fraction of sp³-hybridized carbons (Fsp3) is 0.250. The van der Waals surface area contributed by atoms with Gasteiger partial charge in [-0.3, -0.25) is 19.4 Å². The fourth-order valence-corrected chi connectivity index (χ4v) is 4.11. The van der Waals surface area contributed by atoms with Gasteiger partial charge in [0, 0.05) is 19.3 Å². The van der Waals surface area contributed by atoms with Gasteiger partial charge in [0.25, 0.3) is 11.5 Å². The number of halogens is 1. The van der Waals surface area contributed by atoms with Crippen molar-refractivity contribution in [1.29, 1.82) is 5.41 Å². The van der Waals surface area contributed by atoms with Crippen LogP contribution in [-0.2, 0) is 17.8 Å². The molecule has 3 aromatic heterocycles. The number of aromatic nitrogens is 3. The lowest BCUT2D eigenvalue weighted by Crippen LogP contribution is -2.36. The number of hydrogen-bond acceptors (Lipinski definition) is 5. The van der Waals surface area contributed by atoms with Crippen LogP contribution in [0, 0.1) is 11.2 Å². The first-order chi connectivity index (χ1) is 16.0. The minimum atomic E-state index is -0.495. The Balaban J connectivity index is 1.61. The predicted molar refractivity (Wildman–Crippen MR) is 119 cm³/mol. The molecule has 0 bridgehead atoms. The van der Waals surface area contributed by atoms with Crippen LogP contribution < -0.4 is 16.4 Å². The monoisotopic (exact) mass is 447 g/mol. The summed E-state index contributed by atoms with van der Waals surface area (Å²) in [6.45, 7) is 1.13. The van der Waals surface area contributed by atoms with Crippen LogP contribution in [0.25, 0.3) is 16.7 Å². The second-order valence-electron chi connectivity index (χ2n) is 8.04. The summed E-state index contributed by atoms with van der Waals surface area (Å²) in [7, 11) is 0. The Morgan fingerprint density at radius 2 is 2.06 bits per heavy atom. The number of ether oxygens (including phenoxy) is 1. The third-order valence-corrected chi connectivity index (χ3v) is 5.84. The third kappa shape index (κ3) is 4.03. The van der Waals surface area contributed by atoms with Crippen LogP contribution >= 0.6 is 0 Å². The van der Waals surface area contributed by atoms with Crippen LogP contribution in [0.3, 0.4) is 0 Å². The number of amides is 1. The second-order valence-corrected chi connectivity index (χ2v) is 8.04. The molecular weight excluding hydrogens is 425 g/mol. The molecule has 1 amide bonds. The first-order valence-electron chi connectivity index (χ1n) is 10.7. The molecule has 1 aliphatic rings. The average Bonchev–Trinajstić information content (AvgIpc) is 3.34. The molecular formula is C24H22FN5O3. The number of nitrogens with zero attached hydrogens (tertiary/aromatic N) is 3. The van der Waals surface area contributed by atoms with E-state index in [2.05, 4.69) is 10.3 Å². The molecule has 0 radical (unpaired) electrons. The molecule has 1 aliphatic heterocycles. The van der Waals surface area contributed by atoms with Crippen LogP contribution in [0.1, 0.15) is 28.8 Å². The lowest BCUT2D eigenvalue weighted by molar-refractivity contribution is 0.0931. The molecule has 8 nitrogen and oxygen atoms in total. The van der Waals surface area contributed by atoms with Gasteiger partial charge in [-0.1, -0.05) is 18.2 Å². The van der Waals surface area contributed by atoms with Crippen molar-refractivity contribution in [2.24, 2.45) is 0 Å². The van der Waals surface area contributed by atoms with Crippen LogP contribution in [0.4, 0.5) is 4.39 Å². The van der Waals surface area contributed by atoms with Gasteiger partial charge in [0.2, 0.25) is 0 Å². The van der Waals surface area contributed by atoms with E-state index in [1.165, 1.54) is 22.6 Å². The zero-order valence-corrected chi connectivity index (χ0v) is 17.8. The number of pyridine rings is 2. The molecule has 0 saturated carbocycles. The minimum absolute atomic E-state index is 0.0400. The lowest BCUT2D eigenvalue weighted by atomic mass is 10.1. The number of fused-ring (bicyclic) bond motifs is 2. The summed E-state index contributed by atoms with van der Waals surface area (Å²) in [6, 6.07) is 12.5. The zero-order valence-electron chi connectivity index (χ0n) is 17.8. The first kappa shape index (κ1) is 21.0. The van der Waals surface area contributed by atoms with Gasteiger partial charge in [-0.15, -0.1) is 0 Å². The zero-order chi connectivity index (χ0) is 22.9. The average molecular weight is 447 g/mol. The normalized spacial score (nSPS) is 15.8. The van der Waals surface area contributed by atoms with Gasteiger partial charge in [-0.05, 0) is 48.7 Å². The summed E-state index contributed by atoms with van der Waals surface area (Å²) >= 11 is 0. The highest BCUT2D eigenvalue weighted by Crippen LogP contribution is 2.17. The highest BCUT2D eigenvalue weighted by molar-refractivity contribution is 5.96. The Hall–Kier alpha value is -3.85. The number of carbonyl (C=O) groups excluding carboxylic acids is 1. The van der Waals surface area contributed by atoms with Gasteiger partial charge in [0.15, 0.2) is 0 Å². The second kappa shape index (κ2) is 8.59. The number of nitrogens with one attached hydrogen (secondary N) is 2. The largest absolute Gasteiger partial charge is 0.376 e. The number of hydrogen-bond donors (Lipinski definition) is 2. The van der Waals surface area contributed by atoms with Crippen molar-refractivity contribution in [2.75, 3.05) is 6.61 Å². The van der Waals surface area contributed by atoms with Gasteiger partial charge >= 0.3 is 0 Å². The Labute approximate surface area is 187 Å². The summed E-state index contributed by atoms with van der Waals surface area (Å²) in [6.07, 6.45) is 3.27. The summed E-state index contributed by atoms with van der Waals surface area (Å²) in [5.41, 5.74) is 1.24. The van der Waals surface area contributed by atoms with E-state index in [0.29, 0.717) is 24.4 Å². The van der Waals surface area contributed by atoms with Crippen LogP contribution in [0.5, 0.6) is 0 Å². The molecule has 0 spiro atoms. The third-order valence-electron chi connectivity index (χ3n) is 5.84. The van der Waals surface area contributed by atoms with E-state index in [1.807, 2.05) is 0 Å². The van der Waals surface area contributed by atoms with Crippen LogP contribution in [0.2, 0.25) is 0 Å². The molecule has 168 valence electrons. The molecule has 4 heterocycles. The smallest absolute Gasteiger partial charge is 0.267 e. The van der Waals surface area contributed by atoms with E-state index in [0.717, 1.165) is 18.4 Å². The van der Waals surface area contributed by atoms with E-state index in [1.54, 1.807) is 41.1 Å². The van der Waals surface area contributed by atoms with Gasteiger partial charge < -0.3 is 14.6 Å². The standard InChI is InChI=1S/C24H22FN5O3/c25-16-8-6-15(7-9-16)13-27-23(31)18-12-19-22(28-20-5-1-2-10-29(20)24(19)32)30(21(18)26)14-17-4-3-11-33-17/h1-2,5-10,12,17,26H,3-4,11,13-14H2,(H,27,31)/t17-/m0/s1. The van der Waals surface area contributed by atoms with Gasteiger partial charge in [0.05, 0.1) is 23.6 Å². The number of rotatable bonds is 5. The summed E-state index contributed by atoms with van der Waals surface area (Å²) in [5, 5.41) is 11.8.